The third-order valence-electron chi connectivity index (χ3n) is 1.88. The Morgan fingerprint density at radius 1 is 1.46 bits per heavy atom. The second kappa shape index (κ2) is 3.92. The lowest BCUT2D eigenvalue weighted by Gasteiger charge is -2.05. The van der Waals surface area contributed by atoms with E-state index in [1.165, 1.54) is 5.75 Å². The van der Waals surface area contributed by atoms with Gasteiger partial charge in [-0.05, 0) is 12.1 Å². The summed E-state index contributed by atoms with van der Waals surface area (Å²) in [5, 5.41) is 0.714. The highest BCUT2D eigenvalue weighted by molar-refractivity contribution is 8.06. The molecule has 0 saturated carbocycles. The van der Waals surface area contributed by atoms with E-state index in [0.717, 1.165) is 18.1 Å². The van der Waals surface area contributed by atoms with Gasteiger partial charge in [-0.15, -0.1) is 0 Å². The van der Waals surface area contributed by atoms with Crippen LogP contribution in [0.3, 0.4) is 0 Å². The van der Waals surface area contributed by atoms with Gasteiger partial charge in [0.1, 0.15) is 18.1 Å². The molecule has 1 aromatic rings. The SMILES string of the molecule is COc1cccc(OCC2CS2)c1. The molecule has 0 amide bonds. The standard InChI is InChI=1S/C10H12O2S/c1-11-8-3-2-4-9(5-8)12-6-10-7-13-10/h2-5,10H,6-7H2,1H3. The van der Waals surface area contributed by atoms with Crippen LogP contribution in [0.2, 0.25) is 0 Å². The van der Waals surface area contributed by atoms with Gasteiger partial charge in [-0.25, -0.2) is 0 Å². The number of methoxy groups -OCH3 is 1. The summed E-state index contributed by atoms with van der Waals surface area (Å²) in [6, 6.07) is 7.72. The maximum Gasteiger partial charge on any atom is 0.123 e. The highest BCUT2D eigenvalue weighted by atomic mass is 32.2. The van der Waals surface area contributed by atoms with Crippen LogP contribution in [0.15, 0.2) is 24.3 Å². The van der Waals surface area contributed by atoms with Crippen molar-refractivity contribution in [2.24, 2.45) is 0 Å². The minimum absolute atomic E-state index is 0.714. The van der Waals surface area contributed by atoms with E-state index in [-0.39, 0.29) is 0 Å². The van der Waals surface area contributed by atoms with Gasteiger partial charge >= 0.3 is 0 Å². The first kappa shape index (κ1) is 8.75. The lowest BCUT2D eigenvalue weighted by Crippen LogP contribution is -2.02. The molecule has 2 nitrogen and oxygen atoms in total. The molecule has 1 unspecified atom stereocenters. The first-order valence-corrected chi connectivity index (χ1v) is 5.32. The quantitative estimate of drug-likeness (QED) is 0.688. The van der Waals surface area contributed by atoms with Gasteiger partial charge in [-0.1, -0.05) is 6.07 Å². The number of thioether (sulfide) groups is 1. The molecule has 70 valence electrons. The molecule has 0 spiro atoms. The van der Waals surface area contributed by atoms with E-state index < -0.39 is 0 Å². The van der Waals surface area contributed by atoms with Crippen LogP contribution in [-0.4, -0.2) is 24.7 Å². The Morgan fingerprint density at radius 2 is 2.23 bits per heavy atom. The number of hydrogen-bond donors (Lipinski definition) is 0. The molecule has 1 atom stereocenters. The summed E-state index contributed by atoms with van der Waals surface area (Å²) in [5.41, 5.74) is 0. The van der Waals surface area contributed by atoms with Gasteiger partial charge in [0.05, 0.1) is 7.11 Å². The number of benzene rings is 1. The minimum atomic E-state index is 0.714. The fraction of sp³-hybridized carbons (Fsp3) is 0.400. The molecular weight excluding hydrogens is 184 g/mol. The summed E-state index contributed by atoms with van der Waals surface area (Å²) in [7, 11) is 1.66. The molecule has 3 heteroatoms. The van der Waals surface area contributed by atoms with Gasteiger partial charge in [0, 0.05) is 17.1 Å². The van der Waals surface area contributed by atoms with Crippen LogP contribution in [0.1, 0.15) is 0 Å². The van der Waals surface area contributed by atoms with Gasteiger partial charge in [0.15, 0.2) is 0 Å². The lowest BCUT2D eigenvalue weighted by atomic mass is 10.3. The van der Waals surface area contributed by atoms with E-state index in [4.69, 9.17) is 9.47 Å². The van der Waals surface area contributed by atoms with Crippen LogP contribution >= 0.6 is 11.8 Å². The topological polar surface area (TPSA) is 18.5 Å². The van der Waals surface area contributed by atoms with Crippen molar-refractivity contribution in [3.63, 3.8) is 0 Å². The van der Waals surface area contributed by atoms with Crippen LogP contribution in [0.25, 0.3) is 0 Å². The summed E-state index contributed by atoms with van der Waals surface area (Å²) < 4.78 is 10.7. The smallest absolute Gasteiger partial charge is 0.123 e. The second-order valence-electron chi connectivity index (χ2n) is 2.95. The Balaban J connectivity index is 1.93. The van der Waals surface area contributed by atoms with Crippen LogP contribution in [0, 0.1) is 0 Å². The molecule has 2 rings (SSSR count). The molecule has 13 heavy (non-hydrogen) atoms. The summed E-state index contributed by atoms with van der Waals surface area (Å²) in [5.74, 6) is 2.98. The van der Waals surface area contributed by atoms with Crippen LogP contribution < -0.4 is 9.47 Å². The molecule has 1 heterocycles. The molecule has 1 aliphatic heterocycles. The fourth-order valence-electron chi connectivity index (χ4n) is 1.04. The summed E-state index contributed by atoms with van der Waals surface area (Å²) in [4.78, 5) is 0. The van der Waals surface area contributed by atoms with Gasteiger partial charge < -0.3 is 9.47 Å². The van der Waals surface area contributed by atoms with Crippen LogP contribution in [0.4, 0.5) is 0 Å². The number of ether oxygens (including phenoxy) is 2. The maximum atomic E-state index is 5.57. The van der Waals surface area contributed by atoms with Crippen LogP contribution in [0.5, 0.6) is 11.5 Å². The van der Waals surface area contributed by atoms with Gasteiger partial charge in [0.2, 0.25) is 0 Å². The Bertz CT molecular complexity index is 284. The first-order chi connectivity index (χ1) is 6.38. The van der Waals surface area contributed by atoms with E-state index in [2.05, 4.69) is 0 Å². The highest BCUT2D eigenvalue weighted by Gasteiger charge is 2.22. The van der Waals surface area contributed by atoms with Crippen molar-refractivity contribution in [3.8, 4) is 11.5 Å². The number of rotatable bonds is 4. The Hall–Kier alpha value is -0.830. The van der Waals surface area contributed by atoms with Gasteiger partial charge in [-0.3, -0.25) is 0 Å². The second-order valence-corrected chi connectivity index (χ2v) is 4.28. The zero-order chi connectivity index (χ0) is 9.10. The molecule has 1 aromatic carbocycles. The average Bonchev–Trinajstić information content (AvgIpc) is 2.99. The Labute approximate surface area is 82.2 Å². The normalized spacial score (nSPS) is 19.6. The van der Waals surface area contributed by atoms with E-state index >= 15 is 0 Å². The monoisotopic (exact) mass is 196 g/mol. The molecule has 0 aliphatic carbocycles. The van der Waals surface area contributed by atoms with Crippen molar-refractivity contribution in [2.75, 3.05) is 19.5 Å². The van der Waals surface area contributed by atoms with Crippen molar-refractivity contribution < 1.29 is 9.47 Å². The zero-order valence-electron chi connectivity index (χ0n) is 7.53. The third-order valence-corrected chi connectivity index (χ3v) is 2.82. The lowest BCUT2D eigenvalue weighted by molar-refractivity contribution is 0.326. The summed E-state index contributed by atoms with van der Waals surface area (Å²) in [6.07, 6.45) is 0. The first-order valence-electron chi connectivity index (χ1n) is 4.27. The van der Waals surface area contributed by atoms with Crippen molar-refractivity contribution in [1.29, 1.82) is 0 Å². The van der Waals surface area contributed by atoms with Crippen molar-refractivity contribution in [2.45, 2.75) is 5.25 Å². The van der Waals surface area contributed by atoms with E-state index in [1.54, 1.807) is 7.11 Å². The molecule has 1 fully saturated rings. The van der Waals surface area contributed by atoms with Gasteiger partial charge in [0.25, 0.3) is 0 Å². The van der Waals surface area contributed by atoms with Crippen molar-refractivity contribution >= 4 is 11.8 Å². The van der Waals surface area contributed by atoms with Crippen LogP contribution in [-0.2, 0) is 0 Å². The molecule has 1 saturated heterocycles. The molecule has 0 radical (unpaired) electrons. The predicted molar refractivity (Wildman–Crippen MR) is 54.7 cm³/mol. The fourth-order valence-corrected chi connectivity index (χ4v) is 1.44. The molecule has 0 bridgehead atoms. The molecule has 0 N–H and O–H groups in total. The molecule has 1 aliphatic rings. The average molecular weight is 196 g/mol. The Morgan fingerprint density at radius 3 is 2.92 bits per heavy atom. The maximum absolute atomic E-state index is 5.57. The Kier molecular flexibility index (Phi) is 2.64. The zero-order valence-corrected chi connectivity index (χ0v) is 8.34. The number of hydrogen-bond acceptors (Lipinski definition) is 3. The van der Waals surface area contributed by atoms with E-state index in [0.29, 0.717) is 5.25 Å². The largest absolute Gasteiger partial charge is 0.497 e. The minimum Gasteiger partial charge on any atom is -0.497 e. The molecular formula is C10H12O2S. The van der Waals surface area contributed by atoms with Crippen molar-refractivity contribution in [1.82, 2.24) is 0 Å². The predicted octanol–water partition coefficient (Wildman–Crippen LogP) is 2.19. The van der Waals surface area contributed by atoms with E-state index in [1.807, 2.05) is 36.0 Å². The van der Waals surface area contributed by atoms with Crippen molar-refractivity contribution in [3.05, 3.63) is 24.3 Å². The van der Waals surface area contributed by atoms with Gasteiger partial charge in [-0.2, -0.15) is 11.8 Å². The third kappa shape index (κ3) is 2.56. The van der Waals surface area contributed by atoms with E-state index in [9.17, 15) is 0 Å². The summed E-state index contributed by atoms with van der Waals surface area (Å²) in [6.45, 7) is 0.817. The highest BCUT2D eigenvalue weighted by Crippen LogP contribution is 2.30. The summed E-state index contributed by atoms with van der Waals surface area (Å²) >= 11 is 1.94. The molecule has 0 aromatic heterocycles.